The van der Waals surface area contributed by atoms with Gasteiger partial charge in [-0.1, -0.05) is 27.2 Å². The van der Waals surface area contributed by atoms with Crippen molar-refractivity contribution in [2.45, 2.75) is 53.4 Å². The van der Waals surface area contributed by atoms with Crippen LogP contribution in [0.15, 0.2) is 18.2 Å². The van der Waals surface area contributed by atoms with Gasteiger partial charge in [0.2, 0.25) is 0 Å². The molecule has 1 aromatic carbocycles. The molecule has 0 saturated carbocycles. The third-order valence-electron chi connectivity index (χ3n) is 6.28. The molecule has 1 atom stereocenters. The van der Waals surface area contributed by atoms with Crippen LogP contribution in [0.25, 0.3) is 0 Å². The maximum absolute atomic E-state index is 12.7. The number of nitriles is 1. The second-order valence-corrected chi connectivity index (χ2v) is 9.42. The maximum atomic E-state index is 12.7. The van der Waals surface area contributed by atoms with Crippen molar-refractivity contribution in [1.29, 1.82) is 5.26 Å². The highest BCUT2D eigenvalue weighted by molar-refractivity contribution is 7.16. The zero-order chi connectivity index (χ0) is 21.3. The molecular formula is C22H25N3O3S. The van der Waals surface area contributed by atoms with E-state index in [2.05, 4.69) is 32.2 Å². The lowest BCUT2D eigenvalue weighted by molar-refractivity contribution is -0.385. The second kappa shape index (κ2) is 7.96. The standard InChI is InChI=1S/C22H25N3O3S/c1-5-22(3,4)15-7-8-16-17(12-23)21(29-19(16)11-15)24-20(26)14-6-9-18(25(27)28)13(2)10-14/h6,9-10,15H,5,7-8,11H2,1-4H3,(H,24,26). The molecule has 6 nitrogen and oxygen atoms in total. The lowest BCUT2D eigenvalue weighted by Crippen LogP contribution is -2.28. The Morgan fingerprint density at radius 2 is 2.17 bits per heavy atom. The number of carbonyl (C=O) groups excluding carboxylic acids is 1. The average Bonchev–Trinajstić information content (AvgIpc) is 3.03. The van der Waals surface area contributed by atoms with Crippen LogP contribution in [-0.2, 0) is 12.8 Å². The quantitative estimate of drug-likeness (QED) is 0.509. The molecule has 29 heavy (non-hydrogen) atoms. The molecule has 0 aliphatic heterocycles. The molecule has 3 rings (SSSR count). The SMILES string of the molecule is CCC(C)(C)C1CCc2c(sc(NC(=O)c3ccc([N+](=O)[O-])c(C)c3)c2C#N)C1. The van der Waals surface area contributed by atoms with Gasteiger partial charge in [0.05, 0.1) is 10.5 Å². The van der Waals surface area contributed by atoms with Crippen LogP contribution >= 0.6 is 11.3 Å². The van der Waals surface area contributed by atoms with Gasteiger partial charge in [0.15, 0.2) is 0 Å². The number of nitrogens with one attached hydrogen (secondary N) is 1. The number of thiophene rings is 1. The van der Waals surface area contributed by atoms with E-state index in [1.807, 2.05) is 0 Å². The molecule has 0 radical (unpaired) electrons. The molecule has 0 spiro atoms. The van der Waals surface area contributed by atoms with Gasteiger partial charge >= 0.3 is 0 Å². The first-order chi connectivity index (χ1) is 13.7. The number of hydrogen-bond donors (Lipinski definition) is 1. The fourth-order valence-electron chi connectivity index (χ4n) is 3.92. The van der Waals surface area contributed by atoms with Crippen LogP contribution in [0, 0.1) is 39.7 Å². The van der Waals surface area contributed by atoms with E-state index in [1.54, 1.807) is 6.92 Å². The number of nitrogens with zero attached hydrogens (tertiary/aromatic N) is 2. The Hall–Kier alpha value is -2.72. The Balaban J connectivity index is 1.86. The van der Waals surface area contributed by atoms with Crippen LogP contribution in [-0.4, -0.2) is 10.8 Å². The smallest absolute Gasteiger partial charge is 0.272 e. The van der Waals surface area contributed by atoms with Gasteiger partial charge in [-0.2, -0.15) is 5.26 Å². The molecule has 152 valence electrons. The summed E-state index contributed by atoms with van der Waals surface area (Å²) in [6.07, 6.45) is 3.94. The first-order valence-electron chi connectivity index (χ1n) is 9.79. The summed E-state index contributed by atoms with van der Waals surface area (Å²) in [5.74, 6) is 0.203. The number of carbonyl (C=O) groups is 1. The van der Waals surface area contributed by atoms with E-state index < -0.39 is 4.92 Å². The third kappa shape index (κ3) is 4.03. The number of nitro groups is 1. The van der Waals surface area contributed by atoms with Crippen LogP contribution in [0.2, 0.25) is 0 Å². The van der Waals surface area contributed by atoms with Crippen molar-refractivity contribution >= 4 is 27.9 Å². The maximum Gasteiger partial charge on any atom is 0.272 e. The molecule has 0 fully saturated rings. The zero-order valence-electron chi connectivity index (χ0n) is 17.2. The predicted molar refractivity (Wildman–Crippen MR) is 114 cm³/mol. The Morgan fingerprint density at radius 1 is 1.45 bits per heavy atom. The Labute approximate surface area is 174 Å². The Morgan fingerprint density at radius 3 is 2.76 bits per heavy atom. The van der Waals surface area contributed by atoms with E-state index in [4.69, 9.17) is 0 Å². The fourth-order valence-corrected chi connectivity index (χ4v) is 5.20. The minimum Gasteiger partial charge on any atom is -0.312 e. The van der Waals surface area contributed by atoms with Crippen molar-refractivity contribution < 1.29 is 9.72 Å². The summed E-state index contributed by atoms with van der Waals surface area (Å²) in [7, 11) is 0. The summed E-state index contributed by atoms with van der Waals surface area (Å²) in [4.78, 5) is 24.4. The van der Waals surface area contributed by atoms with Gasteiger partial charge in [-0.3, -0.25) is 14.9 Å². The van der Waals surface area contributed by atoms with Crippen molar-refractivity contribution in [2.75, 3.05) is 5.32 Å². The van der Waals surface area contributed by atoms with Crippen LogP contribution in [0.5, 0.6) is 0 Å². The number of fused-ring (bicyclic) bond motifs is 1. The lowest BCUT2D eigenvalue weighted by Gasteiger charge is -2.36. The number of nitro benzene ring substituents is 1. The van der Waals surface area contributed by atoms with Gasteiger partial charge in [0, 0.05) is 22.1 Å². The number of benzene rings is 1. The fraction of sp³-hybridized carbons (Fsp3) is 0.455. The van der Waals surface area contributed by atoms with E-state index in [1.165, 1.54) is 34.4 Å². The van der Waals surface area contributed by atoms with E-state index in [0.29, 0.717) is 27.6 Å². The molecule has 1 N–H and O–H groups in total. The molecule has 1 aromatic heterocycles. The van der Waals surface area contributed by atoms with Crippen molar-refractivity contribution in [3.8, 4) is 6.07 Å². The Kier molecular flexibility index (Phi) is 5.76. The molecule has 2 aromatic rings. The summed E-state index contributed by atoms with van der Waals surface area (Å²) in [6, 6.07) is 6.56. The summed E-state index contributed by atoms with van der Waals surface area (Å²) in [6.45, 7) is 8.40. The summed E-state index contributed by atoms with van der Waals surface area (Å²) in [5.41, 5.74) is 2.62. The highest BCUT2D eigenvalue weighted by Gasteiger charge is 2.34. The second-order valence-electron chi connectivity index (χ2n) is 8.31. The van der Waals surface area contributed by atoms with Gasteiger partial charge < -0.3 is 5.32 Å². The summed E-state index contributed by atoms with van der Waals surface area (Å²) in [5, 5.41) is 24.1. The molecule has 1 amide bonds. The highest BCUT2D eigenvalue weighted by atomic mass is 32.1. The molecular weight excluding hydrogens is 386 g/mol. The predicted octanol–water partition coefficient (Wildman–Crippen LogP) is 5.63. The van der Waals surface area contributed by atoms with Gasteiger partial charge in [-0.05, 0) is 55.2 Å². The summed E-state index contributed by atoms with van der Waals surface area (Å²) < 4.78 is 0. The van der Waals surface area contributed by atoms with Crippen molar-refractivity contribution in [2.24, 2.45) is 11.3 Å². The number of hydrogen-bond acceptors (Lipinski definition) is 5. The van der Waals surface area contributed by atoms with Crippen LogP contribution in [0.1, 0.15) is 65.5 Å². The minimum atomic E-state index is -0.466. The average molecular weight is 412 g/mol. The van der Waals surface area contributed by atoms with Crippen LogP contribution in [0.4, 0.5) is 10.7 Å². The number of aryl methyl sites for hydroxylation is 1. The van der Waals surface area contributed by atoms with Gasteiger partial charge in [-0.15, -0.1) is 11.3 Å². The molecule has 1 aliphatic carbocycles. The third-order valence-corrected chi connectivity index (χ3v) is 7.45. The first kappa shape index (κ1) is 21.0. The molecule has 7 heteroatoms. The van der Waals surface area contributed by atoms with Gasteiger partial charge in [0.25, 0.3) is 11.6 Å². The van der Waals surface area contributed by atoms with Crippen molar-refractivity contribution in [1.82, 2.24) is 0 Å². The molecule has 1 unspecified atom stereocenters. The highest BCUT2D eigenvalue weighted by Crippen LogP contribution is 2.45. The monoisotopic (exact) mass is 411 g/mol. The zero-order valence-corrected chi connectivity index (χ0v) is 18.0. The topological polar surface area (TPSA) is 96.0 Å². The largest absolute Gasteiger partial charge is 0.312 e. The molecule has 1 heterocycles. The van der Waals surface area contributed by atoms with E-state index in [0.717, 1.165) is 31.2 Å². The molecule has 0 saturated heterocycles. The Bertz CT molecular complexity index is 1020. The van der Waals surface area contributed by atoms with Crippen molar-refractivity contribution in [3.05, 3.63) is 55.4 Å². The lowest BCUT2D eigenvalue weighted by atomic mass is 9.69. The number of rotatable bonds is 5. The first-order valence-corrected chi connectivity index (χ1v) is 10.6. The number of anilines is 1. The van der Waals surface area contributed by atoms with E-state index in [9.17, 15) is 20.2 Å². The van der Waals surface area contributed by atoms with Crippen molar-refractivity contribution in [3.63, 3.8) is 0 Å². The van der Waals surface area contributed by atoms with Crippen LogP contribution < -0.4 is 5.32 Å². The van der Waals surface area contributed by atoms with Gasteiger partial charge in [0.1, 0.15) is 11.1 Å². The number of amides is 1. The van der Waals surface area contributed by atoms with Gasteiger partial charge in [-0.25, -0.2) is 0 Å². The summed E-state index contributed by atoms with van der Waals surface area (Å²) >= 11 is 1.49. The normalized spacial score (nSPS) is 16.0. The van der Waals surface area contributed by atoms with Crippen LogP contribution in [0.3, 0.4) is 0 Å². The van der Waals surface area contributed by atoms with E-state index in [-0.39, 0.29) is 17.0 Å². The molecule has 1 aliphatic rings. The molecule has 0 bridgehead atoms. The minimum absolute atomic E-state index is 0.0181. The van der Waals surface area contributed by atoms with E-state index >= 15 is 0 Å².